The van der Waals surface area contributed by atoms with Crippen molar-refractivity contribution in [2.45, 2.75) is 10.6 Å². The zero-order valence-corrected chi connectivity index (χ0v) is 20.0. The smallest absolute Gasteiger partial charge is 0.358 e. The number of amides is 1. The molecule has 166 valence electrons. The van der Waals surface area contributed by atoms with E-state index in [9.17, 15) is 17.6 Å². The molecule has 1 fully saturated rings. The Balaban J connectivity index is 1.82. The fraction of sp³-hybridized carbons (Fsp3) is 0.150. The van der Waals surface area contributed by atoms with Gasteiger partial charge in [-0.1, -0.05) is 18.2 Å². The molecule has 1 saturated heterocycles. The van der Waals surface area contributed by atoms with E-state index in [1.54, 1.807) is 19.2 Å². The molecule has 1 aliphatic heterocycles. The highest BCUT2D eigenvalue weighted by Gasteiger charge is 2.51. The third-order valence-electron chi connectivity index (χ3n) is 4.99. The molecule has 0 radical (unpaired) electrons. The van der Waals surface area contributed by atoms with Crippen LogP contribution in [0.15, 0.2) is 64.5 Å². The topological polar surface area (TPSA) is 93.5 Å². The third kappa shape index (κ3) is 3.67. The van der Waals surface area contributed by atoms with Gasteiger partial charge in [-0.3, -0.25) is 9.69 Å². The molecule has 4 rings (SSSR count). The van der Waals surface area contributed by atoms with Crippen molar-refractivity contribution in [3.05, 3.63) is 76.4 Å². The maximum absolute atomic E-state index is 13.9. The molecule has 1 aliphatic rings. The monoisotopic (exact) mass is 538 g/mol. The third-order valence-corrected chi connectivity index (χ3v) is 7.11. The maximum atomic E-state index is 13.9. The lowest BCUT2D eigenvalue weighted by atomic mass is 9.82. The molecule has 2 heterocycles. The van der Waals surface area contributed by atoms with Crippen LogP contribution < -0.4 is 9.50 Å². The fourth-order valence-corrected chi connectivity index (χ4v) is 4.93. The minimum atomic E-state index is -4.20. The van der Waals surface area contributed by atoms with Crippen molar-refractivity contribution < 1.29 is 21.8 Å². The Morgan fingerprint density at radius 3 is 2.50 bits per heavy atom. The first kappa shape index (κ1) is 22.4. The number of thiocarbonyl (C=S) groups is 1. The van der Waals surface area contributed by atoms with E-state index in [0.29, 0.717) is 11.1 Å². The molecule has 0 spiro atoms. The van der Waals surface area contributed by atoms with Crippen molar-refractivity contribution in [1.29, 1.82) is 0 Å². The largest absolute Gasteiger partial charge is 0.378 e. The normalized spacial score (nSPS) is 18.7. The van der Waals surface area contributed by atoms with Gasteiger partial charge in [-0.25, -0.2) is 9.37 Å². The number of likely N-dealkylation sites (N-methyl/N-ethyl adjacent to an activating group) is 1. The van der Waals surface area contributed by atoms with Crippen molar-refractivity contribution in [3.8, 4) is 5.75 Å². The van der Waals surface area contributed by atoms with E-state index in [4.69, 9.17) is 16.4 Å². The summed E-state index contributed by atoms with van der Waals surface area (Å²) < 4.78 is 46.0. The number of imidazole rings is 1. The van der Waals surface area contributed by atoms with Gasteiger partial charge in [0.2, 0.25) is 5.03 Å². The van der Waals surface area contributed by atoms with Crippen molar-refractivity contribution >= 4 is 49.3 Å². The second-order valence-corrected chi connectivity index (χ2v) is 9.85. The van der Waals surface area contributed by atoms with Crippen LogP contribution in [0.3, 0.4) is 0 Å². The van der Waals surface area contributed by atoms with Crippen molar-refractivity contribution in [1.82, 2.24) is 19.8 Å². The van der Waals surface area contributed by atoms with E-state index in [-0.39, 0.29) is 20.4 Å². The predicted molar refractivity (Wildman–Crippen MR) is 121 cm³/mol. The molecule has 2 aromatic carbocycles. The molecule has 0 aliphatic carbocycles. The van der Waals surface area contributed by atoms with Crippen LogP contribution in [-0.4, -0.2) is 40.9 Å². The Hall–Kier alpha value is -2.83. The SMILES string of the molecule is CN1C(=O)C(c2cccc(OS(=O)(=O)c3cn(C)cn3)c2)(c2ccc(F)c(Br)c2)NC1=S. The Bertz CT molecular complexity index is 1360. The Kier molecular flexibility index (Phi) is 5.55. The summed E-state index contributed by atoms with van der Waals surface area (Å²) in [6, 6.07) is 10.2. The maximum Gasteiger partial charge on any atom is 0.358 e. The van der Waals surface area contributed by atoms with Crippen molar-refractivity contribution in [2.75, 3.05) is 7.05 Å². The summed E-state index contributed by atoms with van der Waals surface area (Å²) in [4.78, 5) is 18.4. The van der Waals surface area contributed by atoms with Crippen LogP contribution in [0.4, 0.5) is 4.39 Å². The molecule has 1 unspecified atom stereocenters. The number of hydrogen-bond acceptors (Lipinski definition) is 6. The lowest BCUT2D eigenvalue weighted by Gasteiger charge is -2.28. The van der Waals surface area contributed by atoms with E-state index in [1.807, 2.05) is 0 Å². The highest BCUT2D eigenvalue weighted by Crippen LogP contribution is 2.38. The molecule has 0 saturated carbocycles. The molecule has 12 heteroatoms. The van der Waals surface area contributed by atoms with Gasteiger partial charge in [0, 0.05) is 20.3 Å². The number of nitrogens with zero attached hydrogens (tertiary/aromatic N) is 3. The van der Waals surface area contributed by atoms with Crippen LogP contribution in [0.1, 0.15) is 11.1 Å². The summed E-state index contributed by atoms with van der Waals surface area (Å²) >= 11 is 8.43. The number of nitrogens with one attached hydrogen (secondary N) is 1. The Labute approximate surface area is 197 Å². The molecule has 3 aromatic rings. The van der Waals surface area contributed by atoms with Gasteiger partial charge in [0.05, 0.1) is 10.8 Å². The summed E-state index contributed by atoms with van der Waals surface area (Å²) in [6.45, 7) is 0. The Morgan fingerprint density at radius 2 is 1.91 bits per heavy atom. The fourth-order valence-electron chi connectivity index (χ4n) is 3.40. The zero-order valence-electron chi connectivity index (χ0n) is 16.7. The molecule has 1 atom stereocenters. The minimum Gasteiger partial charge on any atom is -0.378 e. The molecule has 1 aromatic heterocycles. The van der Waals surface area contributed by atoms with Crippen LogP contribution in [0.5, 0.6) is 5.75 Å². The second-order valence-electron chi connectivity index (χ2n) is 7.12. The summed E-state index contributed by atoms with van der Waals surface area (Å²) in [5, 5.41) is 2.93. The van der Waals surface area contributed by atoms with Gasteiger partial charge in [-0.05, 0) is 63.5 Å². The number of halogens is 2. The predicted octanol–water partition coefficient (Wildman–Crippen LogP) is 2.68. The molecular weight excluding hydrogens is 523 g/mol. The first-order valence-corrected chi connectivity index (χ1v) is 11.7. The quantitative estimate of drug-likeness (QED) is 0.394. The molecule has 0 bridgehead atoms. The zero-order chi connectivity index (χ0) is 23.3. The van der Waals surface area contributed by atoms with E-state index in [1.165, 1.54) is 59.4 Å². The van der Waals surface area contributed by atoms with Crippen LogP contribution in [0, 0.1) is 5.82 Å². The number of carbonyl (C=O) groups excluding carboxylic acids is 1. The first-order chi connectivity index (χ1) is 15.0. The second kappa shape index (κ2) is 7.94. The van der Waals surface area contributed by atoms with Gasteiger partial charge in [0.15, 0.2) is 10.7 Å². The molecule has 8 nitrogen and oxygen atoms in total. The van der Waals surface area contributed by atoms with Gasteiger partial charge in [0.25, 0.3) is 5.91 Å². The summed E-state index contributed by atoms with van der Waals surface area (Å²) in [5.74, 6) is -0.932. The number of rotatable bonds is 5. The van der Waals surface area contributed by atoms with E-state index in [2.05, 4.69) is 26.2 Å². The van der Waals surface area contributed by atoms with E-state index in [0.717, 1.165) is 0 Å². The number of benzene rings is 2. The van der Waals surface area contributed by atoms with Gasteiger partial charge in [-0.2, -0.15) is 8.42 Å². The summed E-state index contributed by atoms with van der Waals surface area (Å²) in [6.07, 6.45) is 2.65. The summed E-state index contributed by atoms with van der Waals surface area (Å²) in [5.41, 5.74) is -0.732. The van der Waals surface area contributed by atoms with Gasteiger partial charge in [-0.15, -0.1) is 0 Å². The molecule has 1 N–H and O–H groups in total. The number of aromatic nitrogens is 2. The van der Waals surface area contributed by atoms with Crippen LogP contribution in [-0.2, 0) is 27.5 Å². The van der Waals surface area contributed by atoms with Crippen LogP contribution in [0.25, 0.3) is 0 Å². The van der Waals surface area contributed by atoms with Gasteiger partial charge in [0.1, 0.15) is 11.6 Å². The average Bonchev–Trinajstić information content (AvgIpc) is 3.28. The van der Waals surface area contributed by atoms with Crippen LogP contribution in [0.2, 0.25) is 0 Å². The van der Waals surface area contributed by atoms with Crippen molar-refractivity contribution in [2.24, 2.45) is 7.05 Å². The molecular formula is C20H16BrFN4O4S2. The number of aryl methyl sites for hydroxylation is 1. The van der Waals surface area contributed by atoms with Gasteiger partial charge >= 0.3 is 10.1 Å². The lowest BCUT2D eigenvalue weighted by Crippen LogP contribution is -2.45. The van der Waals surface area contributed by atoms with E-state index < -0.39 is 27.4 Å². The molecule has 1 amide bonds. The first-order valence-electron chi connectivity index (χ1n) is 9.13. The van der Waals surface area contributed by atoms with Crippen molar-refractivity contribution in [3.63, 3.8) is 0 Å². The summed E-state index contributed by atoms with van der Waals surface area (Å²) in [7, 11) is -1.04. The van der Waals surface area contributed by atoms with Gasteiger partial charge < -0.3 is 14.1 Å². The minimum absolute atomic E-state index is 0.0243. The molecule has 32 heavy (non-hydrogen) atoms. The standard InChI is InChI=1S/C20H16BrFN4O4S2/c1-25-10-17(23-11-25)32(28,29)30-14-5-3-4-12(8-14)20(18(27)26(2)19(31)24-20)13-6-7-16(22)15(21)9-13/h3-11H,1-2H3,(H,24,31). The van der Waals surface area contributed by atoms with E-state index >= 15 is 0 Å². The highest BCUT2D eigenvalue weighted by molar-refractivity contribution is 9.10. The number of carbonyl (C=O) groups is 1. The van der Waals surface area contributed by atoms with Crippen LogP contribution >= 0.6 is 28.1 Å². The Morgan fingerprint density at radius 1 is 1.19 bits per heavy atom. The average molecular weight is 539 g/mol. The number of hydrogen-bond donors (Lipinski definition) is 1. The lowest BCUT2D eigenvalue weighted by molar-refractivity contribution is -0.129. The highest BCUT2D eigenvalue weighted by atomic mass is 79.9.